The van der Waals surface area contributed by atoms with E-state index in [1.807, 2.05) is 0 Å². The molecule has 1 heteroatoms. The number of rotatable bonds is 0. The van der Waals surface area contributed by atoms with Crippen molar-refractivity contribution in [2.45, 2.75) is 35.5 Å². The van der Waals surface area contributed by atoms with Crippen molar-refractivity contribution in [1.29, 1.82) is 0 Å². The number of allylic oxidation sites excluding steroid dienone is 1. The molecule has 0 aromatic rings. The zero-order valence-electron chi connectivity index (χ0n) is 7.35. The Bertz CT molecular complexity index is 229. The van der Waals surface area contributed by atoms with Crippen LogP contribution in [0.15, 0.2) is 12.2 Å². The fourth-order valence-corrected chi connectivity index (χ4v) is 5.50. The summed E-state index contributed by atoms with van der Waals surface area (Å²) < 4.78 is 0.534. The highest BCUT2D eigenvalue weighted by Gasteiger charge is 2.51. The van der Waals surface area contributed by atoms with E-state index >= 15 is 0 Å². The quantitative estimate of drug-likeness (QED) is 0.360. The van der Waals surface area contributed by atoms with Crippen molar-refractivity contribution in [1.82, 2.24) is 0 Å². The average molecular weight is 274 g/mol. The first-order valence-corrected chi connectivity index (χ1v) is 6.13. The van der Waals surface area contributed by atoms with Gasteiger partial charge in [-0.05, 0) is 49.9 Å². The second-order valence-electron chi connectivity index (χ2n) is 5.03. The monoisotopic (exact) mass is 274 g/mol. The summed E-state index contributed by atoms with van der Waals surface area (Å²) in [5.74, 6) is 3.03. The van der Waals surface area contributed by atoms with E-state index in [0.717, 1.165) is 17.8 Å². The molecule has 4 saturated carbocycles. The molecule has 4 rings (SSSR count). The van der Waals surface area contributed by atoms with Gasteiger partial charge < -0.3 is 0 Å². The summed E-state index contributed by atoms with van der Waals surface area (Å²) >= 11 is 2.69. The molecule has 12 heavy (non-hydrogen) atoms. The van der Waals surface area contributed by atoms with Crippen LogP contribution in [0.1, 0.15) is 32.1 Å². The van der Waals surface area contributed by atoms with Crippen molar-refractivity contribution < 1.29 is 0 Å². The molecular formula is C11H15I. The molecule has 0 aromatic heterocycles. The fourth-order valence-electron chi connectivity index (χ4n) is 3.81. The Kier molecular flexibility index (Phi) is 1.49. The molecule has 4 bridgehead atoms. The van der Waals surface area contributed by atoms with Gasteiger partial charge in [-0.2, -0.15) is 0 Å². The maximum absolute atomic E-state index is 4.32. The third-order valence-electron chi connectivity index (χ3n) is 4.20. The molecule has 0 amide bonds. The lowest BCUT2D eigenvalue weighted by Crippen LogP contribution is -2.48. The van der Waals surface area contributed by atoms with E-state index in [1.165, 1.54) is 32.1 Å². The van der Waals surface area contributed by atoms with Crippen LogP contribution in [0, 0.1) is 17.8 Å². The largest absolute Gasteiger partial charge is 0.0982 e. The first-order chi connectivity index (χ1) is 5.67. The van der Waals surface area contributed by atoms with Gasteiger partial charge in [-0.25, -0.2) is 0 Å². The molecule has 2 unspecified atom stereocenters. The van der Waals surface area contributed by atoms with Crippen molar-refractivity contribution in [2.75, 3.05) is 0 Å². The number of alkyl halides is 1. The van der Waals surface area contributed by atoms with Gasteiger partial charge in [0.15, 0.2) is 0 Å². The van der Waals surface area contributed by atoms with Crippen LogP contribution in [-0.2, 0) is 0 Å². The van der Waals surface area contributed by atoms with Crippen molar-refractivity contribution in [3.63, 3.8) is 0 Å². The number of halogens is 1. The molecule has 0 heterocycles. The lowest BCUT2D eigenvalue weighted by molar-refractivity contribution is 0.0929. The first kappa shape index (κ1) is 7.84. The van der Waals surface area contributed by atoms with E-state index in [1.54, 1.807) is 5.57 Å². The Labute approximate surface area is 87.9 Å². The molecule has 0 N–H and O–H groups in total. The Morgan fingerprint density at radius 2 is 1.75 bits per heavy atom. The predicted molar refractivity (Wildman–Crippen MR) is 59.4 cm³/mol. The molecule has 0 radical (unpaired) electrons. The summed E-state index contributed by atoms with van der Waals surface area (Å²) in [7, 11) is 0. The number of hydrogen-bond donors (Lipinski definition) is 0. The maximum atomic E-state index is 4.32. The van der Waals surface area contributed by atoms with Gasteiger partial charge in [0, 0.05) is 3.42 Å². The summed E-state index contributed by atoms with van der Waals surface area (Å²) in [6.07, 6.45) is 7.37. The van der Waals surface area contributed by atoms with Gasteiger partial charge in [-0.15, -0.1) is 0 Å². The second-order valence-corrected chi connectivity index (χ2v) is 7.10. The molecule has 4 aliphatic carbocycles. The maximum Gasteiger partial charge on any atom is 0.0435 e. The third kappa shape index (κ3) is 0.891. The molecule has 0 aromatic carbocycles. The fraction of sp³-hybridized carbons (Fsp3) is 0.818. The van der Waals surface area contributed by atoms with Gasteiger partial charge in [0.25, 0.3) is 0 Å². The highest BCUT2D eigenvalue weighted by Crippen LogP contribution is 2.61. The highest BCUT2D eigenvalue weighted by molar-refractivity contribution is 14.1. The second kappa shape index (κ2) is 2.28. The lowest BCUT2D eigenvalue weighted by Gasteiger charge is -2.55. The molecule has 66 valence electrons. The first-order valence-electron chi connectivity index (χ1n) is 5.05. The molecule has 2 atom stereocenters. The van der Waals surface area contributed by atoms with Crippen molar-refractivity contribution >= 4 is 22.6 Å². The van der Waals surface area contributed by atoms with Crippen molar-refractivity contribution in [3.8, 4) is 0 Å². The van der Waals surface area contributed by atoms with Gasteiger partial charge >= 0.3 is 0 Å². The van der Waals surface area contributed by atoms with Crippen LogP contribution in [0.25, 0.3) is 0 Å². The van der Waals surface area contributed by atoms with E-state index in [0.29, 0.717) is 3.42 Å². The predicted octanol–water partition coefficient (Wildman–Crippen LogP) is 3.56. The summed E-state index contributed by atoms with van der Waals surface area (Å²) in [5, 5.41) is 0. The van der Waals surface area contributed by atoms with Crippen LogP contribution < -0.4 is 0 Å². The average Bonchev–Trinajstić information content (AvgIpc) is 1.98. The summed E-state index contributed by atoms with van der Waals surface area (Å²) in [6.45, 7) is 4.32. The third-order valence-corrected chi connectivity index (χ3v) is 5.77. The summed E-state index contributed by atoms with van der Waals surface area (Å²) in [4.78, 5) is 0. The molecule has 0 nitrogen and oxygen atoms in total. The van der Waals surface area contributed by atoms with Crippen LogP contribution in [-0.4, -0.2) is 3.42 Å². The van der Waals surface area contributed by atoms with Gasteiger partial charge in [0.2, 0.25) is 0 Å². The van der Waals surface area contributed by atoms with Gasteiger partial charge in [-0.1, -0.05) is 34.7 Å². The van der Waals surface area contributed by atoms with Gasteiger partial charge in [0.1, 0.15) is 0 Å². The van der Waals surface area contributed by atoms with E-state index < -0.39 is 0 Å². The van der Waals surface area contributed by atoms with Crippen molar-refractivity contribution in [2.24, 2.45) is 17.8 Å². The van der Waals surface area contributed by atoms with Crippen LogP contribution in [0.2, 0.25) is 0 Å². The lowest BCUT2D eigenvalue weighted by atomic mass is 9.54. The Morgan fingerprint density at radius 3 is 2.25 bits per heavy atom. The summed E-state index contributed by atoms with van der Waals surface area (Å²) in [6, 6.07) is 0. The Balaban J connectivity index is 2.02. The van der Waals surface area contributed by atoms with Gasteiger partial charge in [-0.3, -0.25) is 0 Å². The molecule has 0 spiro atoms. The molecule has 0 saturated heterocycles. The van der Waals surface area contributed by atoms with E-state index in [-0.39, 0.29) is 0 Å². The SMILES string of the molecule is C=C1C2CC3CC(C2)CC1(I)C3. The topological polar surface area (TPSA) is 0 Å². The Morgan fingerprint density at radius 1 is 1.17 bits per heavy atom. The van der Waals surface area contributed by atoms with E-state index in [4.69, 9.17) is 0 Å². The zero-order chi connectivity index (χ0) is 8.34. The normalized spacial score (nSPS) is 56.4. The minimum absolute atomic E-state index is 0.534. The standard InChI is InChI=1S/C11H15I/c1-7-10-3-8-2-9(4-10)6-11(7,12)5-8/h8-10H,1-6H2. The van der Waals surface area contributed by atoms with Crippen LogP contribution >= 0.6 is 22.6 Å². The highest BCUT2D eigenvalue weighted by atomic mass is 127. The minimum atomic E-state index is 0.534. The van der Waals surface area contributed by atoms with Crippen LogP contribution in [0.5, 0.6) is 0 Å². The van der Waals surface area contributed by atoms with E-state index in [2.05, 4.69) is 29.2 Å². The molecule has 0 aliphatic heterocycles. The summed E-state index contributed by atoms with van der Waals surface area (Å²) in [5.41, 5.74) is 1.59. The number of hydrogen-bond acceptors (Lipinski definition) is 0. The van der Waals surface area contributed by atoms with Gasteiger partial charge in [0.05, 0.1) is 0 Å². The van der Waals surface area contributed by atoms with Crippen LogP contribution in [0.4, 0.5) is 0 Å². The van der Waals surface area contributed by atoms with Crippen LogP contribution in [0.3, 0.4) is 0 Å². The van der Waals surface area contributed by atoms with Crippen molar-refractivity contribution in [3.05, 3.63) is 12.2 Å². The molecule has 4 aliphatic rings. The van der Waals surface area contributed by atoms with E-state index in [9.17, 15) is 0 Å². The zero-order valence-corrected chi connectivity index (χ0v) is 9.51. The Hall–Kier alpha value is 0.470. The molecule has 4 fully saturated rings. The molecular weight excluding hydrogens is 259 g/mol. The minimum Gasteiger partial charge on any atom is -0.0982 e. The smallest absolute Gasteiger partial charge is 0.0435 e.